The Kier molecular flexibility index (Phi) is 30.9. The van der Waals surface area contributed by atoms with Crippen LogP contribution < -0.4 is 60.6 Å². The number of hydrogen-bond acceptors (Lipinski definition) is 29. The Morgan fingerprint density at radius 3 is 0.740 bits per heavy atom. The van der Waals surface area contributed by atoms with E-state index in [4.69, 9.17) is 11.5 Å². The van der Waals surface area contributed by atoms with Crippen molar-refractivity contribution in [2.45, 2.75) is 194 Å². The molecule has 8 aromatic heterocycles. The molecule has 0 radical (unpaired) electrons. The number of carbonyl (C=O) groups excluding carboxylic acids is 3. The maximum Gasteiger partial charge on any atom is 1.00 e. The van der Waals surface area contributed by atoms with E-state index in [1.807, 2.05) is 25.1 Å². The van der Waals surface area contributed by atoms with Gasteiger partial charge in [0, 0.05) is 169 Å². The van der Waals surface area contributed by atoms with Crippen molar-refractivity contribution in [3.05, 3.63) is 188 Å². The first-order chi connectivity index (χ1) is 60.1. The minimum atomic E-state index is -3.49. The number of nitrogens with two attached hydrogens (primary N) is 2. The number of anilines is 4. The van der Waals surface area contributed by atoms with Crippen LogP contribution in [0.5, 0.6) is 0 Å². The molecule has 12 heterocycles. The third-order valence-electron chi connectivity index (χ3n) is 24.1. The van der Waals surface area contributed by atoms with Gasteiger partial charge in [0.2, 0.25) is 23.8 Å². The number of aliphatic hydroxyl groups excluding tert-OH is 4. The molecule has 131 heavy (non-hydrogen) atoms. The number of aliphatic hydroxyl groups is 4. The molecule has 36 nitrogen and oxygen atoms in total. The Bertz CT molecular complexity index is 6150. The Hall–Kier alpha value is -10.8. The SMILES string of the molecule is C.CC(=O)c1cnc(N2CCn3c(cc4cc(CO)c(S(C)(=O)=O)cc43)C2C(C)C)nc1C.Cc1nc(N2CCn3c(cc4cc(CO)c(S(C)(=O)=O)cc43)C2C(C)C)ncc1C(=O)O.Cc1nc(N2CCn3c(cc4cc(CO)c(S(C)(=O)=O)cc43)[C@@H]2C(C)C)ncc1C(N)=O.Cc1nc(N2CCn3c(cc4cc(CO)c(S(C)(=O)=O)cc43)[C@H]2C(C)C)ncc1C(N)=O.[Na+].[OH-]. The molecule has 2 unspecified atom stereocenters. The first-order valence-electron chi connectivity index (χ1n) is 41.7. The fourth-order valence-corrected chi connectivity index (χ4v) is 22.1. The van der Waals surface area contributed by atoms with Crippen LogP contribution in [0.2, 0.25) is 0 Å². The molecule has 41 heteroatoms. The first kappa shape index (κ1) is 102. The minimum absolute atomic E-state index is 0. The topological polar surface area (TPSA) is 524 Å². The van der Waals surface area contributed by atoms with E-state index in [1.165, 1.54) is 25.5 Å². The van der Waals surface area contributed by atoms with Crippen LogP contribution in [0.3, 0.4) is 0 Å². The zero-order valence-electron chi connectivity index (χ0n) is 75.9. The quantitative estimate of drug-likeness (QED) is 0.0299. The van der Waals surface area contributed by atoms with Crippen LogP contribution in [0.25, 0.3) is 43.6 Å². The number of hydrogen-bond donors (Lipinski definition) is 7. The maximum absolute atomic E-state index is 12.3. The molecule has 0 aliphatic carbocycles. The molecular formula is C90H113N18NaO18S4. The number of fused-ring (bicyclic) bond motifs is 12. The Morgan fingerprint density at radius 1 is 0.366 bits per heavy atom. The van der Waals surface area contributed by atoms with E-state index in [0.29, 0.717) is 138 Å². The number of primary amides is 2. The van der Waals surface area contributed by atoms with Gasteiger partial charge < -0.3 is 80.3 Å². The molecule has 0 spiro atoms. The van der Waals surface area contributed by atoms with Crippen LogP contribution >= 0.6 is 0 Å². The van der Waals surface area contributed by atoms with Crippen molar-refractivity contribution in [1.82, 2.24) is 58.1 Å². The molecule has 0 fully saturated rings. The molecule has 0 saturated heterocycles. The van der Waals surface area contributed by atoms with Crippen molar-refractivity contribution in [2.75, 3.05) is 70.8 Å². The molecule has 12 aromatic rings. The number of ketones is 1. The van der Waals surface area contributed by atoms with Gasteiger partial charge in [-0.2, -0.15) is 0 Å². The van der Waals surface area contributed by atoms with Gasteiger partial charge in [-0.25, -0.2) is 78.3 Å². The molecule has 4 aliphatic rings. The summed E-state index contributed by atoms with van der Waals surface area (Å²) in [5.74, 6) is 0.648. The van der Waals surface area contributed by atoms with E-state index < -0.39 is 57.1 Å². The molecule has 10 N–H and O–H groups in total. The number of sulfone groups is 4. The second-order valence-electron chi connectivity index (χ2n) is 34.5. The zero-order chi connectivity index (χ0) is 93.5. The molecule has 2 amide bonds. The van der Waals surface area contributed by atoms with E-state index in [-0.39, 0.29) is 148 Å². The number of aromatic nitrogens is 12. The van der Waals surface area contributed by atoms with Gasteiger partial charge in [0.05, 0.1) is 115 Å². The second-order valence-corrected chi connectivity index (χ2v) is 42.4. The van der Waals surface area contributed by atoms with Crippen LogP contribution in [0.1, 0.15) is 203 Å². The number of amides is 2. The number of aryl methyl sites for hydroxylation is 4. The van der Waals surface area contributed by atoms with Crippen molar-refractivity contribution >= 4 is 130 Å². The summed E-state index contributed by atoms with van der Waals surface area (Å²) in [4.78, 5) is 91.1. The van der Waals surface area contributed by atoms with Crippen molar-refractivity contribution in [3.8, 4) is 0 Å². The summed E-state index contributed by atoms with van der Waals surface area (Å²) >= 11 is 0. The predicted molar refractivity (Wildman–Crippen MR) is 493 cm³/mol. The third kappa shape index (κ3) is 20.1. The summed E-state index contributed by atoms with van der Waals surface area (Å²) < 4.78 is 107. The summed E-state index contributed by atoms with van der Waals surface area (Å²) in [5.41, 5.74) is 23.0. The van der Waals surface area contributed by atoms with Gasteiger partial charge in [-0.1, -0.05) is 62.8 Å². The minimum Gasteiger partial charge on any atom is -0.870 e. The van der Waals surface area contributed by atoms with Crippen LogP contribution in [0.4, 0.5) is 23.8 Å². The summed E-state index contributed by atoms with van der Waals surface area (Å²) in [6.07, 6.45) is 10.5. The average Bonchev–Trinajstić information content (AvgIpc) is 1.62. The largest absolute Gasteiger partial charge is 1.00 e. The number of benzene rings is 4. The van der Waals surface area contributed by atoms with Crippen LogP contribution in [0.15, 0.2) is 117 Å². The van der Waals surface area contributed by atoms with Gasteiger partial charge in [0.25, 0.3) is 11.8 Å². The molecule has 4 aliphatic heterocycles. The summed E-state index contributed by atoms with van der Waals surface area (Å²) in [5, 5.41) is 51.7. The molecule has 16 rings (SSSR count). The normalized spacial score (nSPS) is 16.2. The summed E-state index contributed by atoms with van der Waals surface area (Å²) in [6, 6.07) is 21.6. The monoisotopic (exact) mass is 1880 g/mol. The van der Waals surface area contributed by atoms with E-state index in [0.717, 1.165) is 91.4 Å². The number of nitrogens with zero attached hydrogens (tertiary/aromatic N) is 16. The Morgan fingerprint density at radius 2 is 0.573 bits per heavy atom. The molecule has 0 saturated carbocycles. The van der Waals surface area contributed by atoms with E-state index in [1.54, 1.807) is 75.5 Å². The van der Waals surface area contributed by atoms with Crippen LogP contribution in [-0.4, -0.2) is 198 Å². The van der Waals surface area contributed by atoms with E-state index in [9.17, 15) is 78.4 Å². The molecule has 4 aromatic carbocycles. The van der Waals surface area contributed by atoms with Crippen molar-refractivity contribution in [3.63, 3.8) is 0 Å². The van der Waals surface area contributed by atoms with Gasteiger partial charge in [0.15, 0.2) is 45.1 Å². The van der Waals surface area contributed by atoms with Gasteiger partial charge in [0.1, 0.15) is 0 Å². The zero-order valence-corrected chi connectivity index (χ0v) is 81.1. The predicted octanol–water partition coefficient (Wildman–Crippen LogP) is 6.97. The smallest absolute Gasteiger partial charge is 0.870 e. The van der Waals surface area contributed by atoms with Gasteiger partial charge >= 0.3 is 35.5 Å². The fraction of sp³-hybridized carbons (Fsp3) is 0.422. The standard InChI is InChI=1S/C23H28N4O4S.2C22H27N5O4S.C22H26N4O5S.CH4.Na.H2O/c1-13(2)22-20-9-16-8-17(12-28)21(32(5,30)31)10-19(16)26(20)6-7-27(22)23-24-11-18(15(4)29)14(3)25-23;2*1-12(2)20-18-8-14-7-15(11-28)19(32(4,30)31)9-17(14)26(18)5-6-27(20)22-24-10-16(21(23)29)13(3)25-22;1-12(2)20-18-8-14-7-15(11-27)19(32(4,30)31)9-17(14)25(18)5-6-26(20)22-23-10-16(21(28)29)13(3)24-22;;;/h8-11,13,22,28H,6-7,12H2,1-5H3;2*7-10,12,20,28H,5-6,11H2,1-4H3,(H2,23,29);7-10,12,20,27H,5-6,11H2,1-4H3,(H,28,29);1H4;;1H2/q;;;;;+1;/p-1/t;2*20-;;;;/m.10..../s1. The fourth-order valence-electron chi connectivity index (χ4n) is 18.4. The summed E-state index contributed by atoms with van der Waals surface area (Å²) in [7, 11) is -13.9. The van der Waals surface area contributed by atoms with Crippen LogP contribution in [0, 0.1) is 51.4 Å². The van der Waals surface area contributed by atoms with E-state index >= 15 is 0 Å². The molecule has 696 valence electrons. The first-order valence-corrected chi connectivity index (χ1v) is 49.3. The number of carboxylic acid groups (broad SMARTS) is 1. The Labute approximate surface area is 783 Å². The maximum atomic E-state index is 12.3. The Balaban J connectivity index is 0.000000180. The number of carbonyl (C=O) groups is 4. The number of rotatable bonds is 20. The van der Waals surface area contributed by atoms with Crippen molar-refractivity contribution in [2.24, 2.45) is 35.1 Å². The third-order valence-corrected chi connectivity index (χ3v) is 28.8. The van der Waals surface area contributed by atoms with Crippen LogP contribution in [-0.2, 0) is 92.0 Å². The van der Waals surface area contributed by atoms with E-state index in [2.05, 4.69) is 139 Å². The molecule has 4 atom stereocenters. The van der Waals surface area contributed by atoms with Gasteiger partial charge in [-0.05, 0) is 153 Å². The second kappa shape index (κ2) is 39.6. The number of aromatic carboxylic acids is 1. The van der Waals surface area contributed by atoms with Gasteiger partial charge in [-0.3, -0.25) is 14.4 Å². The summed E-state index contributed by atoms with van der Waals surface area (Å²) in [6.45, 7) is 28.8. The number of Topliss-reactive ketones (excluding diaryl/α,β-unsaturated/α-hetero) is 1. The average molecular weight is 1890 g/mol. The van der Waals surface area contributed by atoms with Gasteiger partial charge in [-0.15, -0.1) is 0 Å². The molecular weight excluding hydrogens is 1770 g/mol. The number of carboxylic acids is 1. The van der Waals surface area contributed by atoms with Crippen molar-refractivity contribution in [1.29, 1.82) is 0 Å². The van der Waals surface area contributed by atoms with Crippen molar-refractivity contribution < 1.29 is 113 Å². The molecule has 0 bridgehead atoms.